The van der Waals surface area contributed by atoms with Crippen molar-refractivity contribution in [1.29, 1.82) is 0 Å². The molecule has 0 saturated carbocycles. The van der Waals surface area contributed by atoms with Crippen LogP contribution in [0.15, 0.2) is 350 Å². The quantitative estimate of drug-likeness (QED) is 0.0366. The normalized spacial score (nSPS) is 15.2. The van der Waals surface area contributed by atoms with Crippen molar-refractivity contribution in [2.45, 2.75) is 103 Å². The second kappa shape index (κ2) is 38.6. The van der Waals surface area contributed by atoms with Gasteiger partial charge in [0.15, 0.2) is 11.6 Å². The van der Waals surface area contributed by atoms with E-state index in [0.29, 0.717) is 22.3 Å². The molecule has 14 aromatic carbocycles. The van der Waals surface area contributed by atoms with Gasteiger partial charge in [0.05, 0.1) is 29.0 Å². The van der Waals surface area contributed by atoms with Crippen molar-refractivity contribution in [2.24, 2.45) is 0 Å². The molecule has 6 aliphatic rings. The van der Waals surface area contributed by atoms with E-state index in [1.165, 1.54) is 90.2 Å². The van der Waals surface area contributed by atoms with E-state index in [0.717, 1.165) is 141 Å². The zero-order valence-electron chi connectivity index (χ0n) is 80.5. The van der Waals surface area contributed by atoms with Crippen LogP contribution in [0.1, 0.15) is 175 Å². The van der Waals surface area contributed by atoms with Gasteiger partial charge in [0.1, 0.15) is 0 Å². The molecule has 0 amide bonds. The molecular formula is C120H91BBrN9O8S3Se3. The van der Waals surface area contributed by atoms with Gasteiger partial charge in [-0.1, -0.05) is 86.6 Å². The molecule has 26 rings (SSSR count). The number of hydrogen-bond donors (Lipinski definition) is 0. The van der Waals surface area contributed by atoms with Crippen LogP contribution in [0.2, 0.25) is 0 Å². The van der Waals surface area contributed by atoms with Gasteiger partial charge < -0.3 is 14.2 Å². The monoisotopic (exact) mass is 2210 g/mol. The molecule has 6 aromatic heterocycles. The first-order chi connectivity index (χ1) is 70.2. The molecule has 25 heteroatoms. The average molecular weight is 2210 g/mol. The Hall–Kier alpha value is -13.8. The molecule has 10 heterocycles. The first-order valence-corrected chi connectivity index (χ1v) is 55.3. The third-order valence-corrected chi connectivity index (χ3v) is 35.7. The maximum atomic E-state index is 13.0. The minimum atomic E-state index is -0.367. The van der Waals surface area contributed by atoms with Crippen molar-refractivity contribution < 1.29 is 38.1 Å². The minimum absolute atomic E-state index is 0.0499. The average Bonchev–Trinajstić information content (AvgIpc) is 1.58. The van der Waals surface area contributed by atoms with E-state index in [9.17, 15) is 28.8 Å². The number of benzene rings is 14. The number of anilines is 9. The van der Waals surface area contributed by atoms with Crippen LogP contribution in [0.4, 0.5) is 51.2 Å². The molecule has 17 nitrogen and oxygen atoms in total. The molecule has 2 aliphatic carbocycles. The van der Waals surface area contributed by atoms with Crippen molar-refractivity contribution in [3.8, 4) is 53.6 Å². The van der Waals surface area contributed by atoms with Gasteiger partial charge in [0, 0.05) is 22.2 Å². The molecule has 4 aliphatic heterocycles. The van der Waals surface area contributed by atoms with Crippen molar-refractivity contribution in [3.63, 3.8) is 0 Å². The Kier molecular flexibility index (Phi) is 25.6. The van der Waals surface area contributed by atoms with Crippen LogP contribution in [-0.2, 0) is 25.6 Å². The van der Waals surface area contributed by atoms with Crippen LogP contribution in [0, 0.1) is 0 Å². The number of Topliss-reactive ketones (excluding diaryl/α,β-unsaturated/α-hetero) is 4. The Bertz CT molecular complexity index is 8550. The van der Waals surface area contributed by atoms with Gasteiger partial charge in [-0.2, -0.15) is 0 Å². The number of thiophene rings is 3. The Morgan fingerprint density at radius 1 is 0.310 bits per heavy atom. The van der Waals surface area contributed by atoms with Crippen LogP contribution < -0.4 is 20.2 Å². The van der Waals surface area contributed by atoms with Gasteiger partial charge in [0.2, 0.25) is 0 Å². The summed E-state index contributed by atoms with van der Waals surface area (Å²) in [6.45, 7) is 22.3. The summed E-state index contributed by atoms with van der Waals surface area (Å²) in [7, 11) is -0.367. The third-order valence-electron chi connectivity index (χ3n) is 28.5. The molecule has 0 radical (unpaired) electrons. The number of aldehydes is 2. The van der Waals surface area contributed by atoms with Crippen LogP contribution in [-0.4, -0.2) is 123 Å². The SMILES string of the molecule is CC1(C)c2ccccc2N(c2ccccc2)c2ccc(-c3ccc(-c4ccc(C=C5C(=O)c6ccccc6C5=O)s4)c4n[se]nc34)cc21.CC1(C)c2ccccc2N(c2ccccc2)c2ccc(-c3ccc(-c4ccc(C=O)s4)c4n[se]nc34)cc21.CC1(C)c2ccccc2N(c2ccccc2)c2ccc(B3OC(C)(C)C(C)(C)O3)cc21.O=C1CC(=O)c2ccccc21.O=Cc1ccc(-c2ccc(Br)c3n[se]nc23)s1. The number of carbonyl (C=O) groups is 6. The van der Waals surface area contributed by atoms with Gasteiger partial charge in [-0.3, -0.25) is 9.59 Å². The molecular weight excluding hydrogens is 2120 g/mol. The molecule has 710 valence electrons. The van der Waals surface area contributed by atoms with E-state index in [4.69, 9.17) is 25.2 Å². The van der Waals surface area contributed by atoms with Crippen LogP contribution in [0.25, 0.3) is 92.8 Å². The number of fused-ring (bicyclic) bond motifs is 11. The van der Waals surface area contributed by atoms with Crippen molar-refractivity contribution in [1.82, 2.24) is 23.9 Å². The first kappa shape index (κ1) is 96.0. The van der Waals surface area contributed by atoms with Gasteiger partial charge >= 0.3 is 645 Å². The Labute approximate surface area is 879 Å². The predicted molar refractivity (Wildman–Crippen MR) is 594 cm³/mol. The molecule has 0 spiro atoms. The summed E-state index contributed by atoms with van der Waals surface area (Å²) in [6, 6.07) is 116. The summed E-state index contributed by atoms with van der Waals surface area (Å²) in [6.07, 6.45) is 3.56. The standard InChI is InChI=1S/C41H27N3O2SSe.C32H23N3OSSe.C27H30BNO2.C11H5BrN2OSSe.C9H6O2/c1-41(2)32-14-8-9-15-34(32)44(25-10-4-3-5-11-25)35-20-16-24(22-33(35)41)27-18-19-30(38-37(27)42-48-43-38)36-21-17-26(47-36)23-31-39(45)28-12-6-7-13-29(28)40(31)46;1-32(2)25-10-6-7-11-27(25)35(21-8-4-3-5-9-21)28-16-12-20(18-26(28)32)23-14-15-24(31-30(23)33-38-34-31)29-17-13-22(19-36)37-29;1-25(2)21-14-10-11-15-23(21)29(20-12-8-7-9-13-20)24-17-16-19(18-22(24)25)28-30-26(3,4)27(5,6)31-28;12-8-3-2-7(10-11(8)14-17-13-10)9-4-1-6(5-15)16-9;10-8-5-9(11)7-4-2-1-3-6(7)8/h3-23H,1-2H3;3-19H,1-2H3;7-18H,1-6H3;1-5H;1-4H,5H2. The summed E-state index contributed by atoms with van der Waals surface area (Å²) < 4.78 is 42.0. The Morgan fingerprint density at radius 3 is 1.01 bits per heavy atom. The number of para-hydroxylation sites is 6. The molecule has 20 aromatic rings. The number of halogens is 1. The number of nitrogens with zero attached hydrogens (tertiary/aromatic N) is 9. The van der Waals surface area contributed by atoms with Crippen molar-refractivity contribution in [2.75, 3.05) is 14.7 Å². The van der Waals surface area contributed by atoms with E-state index in [1.54, 1.807) is 65.9 Å². The number of aromatic nitrogens is 6. The fourth-order valence-corrected chi connectivity index (χ4v) is 27.3. The van der Waals surface area contributed by atoms with E-state index in [2.05, 4.69) is 350 Å². The Morgan fingerprint density at radius 2 is 0.621 bits per heavy atom. The van der Waals surface area contributed by atoms with Crippen molar-refractivity contribution >= 4 is 233 Å². The Balaban J connectivity index is 0.000000111. The first-order valence-electron chi connectivity index (χ1n) is 47.5. The van der Waals surface area contributed by atoms with Gasteiger partial charge in [-0.05, 0) is 68.6 Å². The molecule has 1 fully saturated rings. The number of hydrogen-bond acceptors (Lipinski definition) is 20. The number of rotatable bonds is 12. The fourth-order valence-electron chi connectivity index (χ4n) is 20.3. The van der Waals surface area contributed by atoms with E-state index in [-0.39, 0.29) is 115 Å². The molecule has 0 bridgehead atoms. The van der Waals surface area contributed by atoms with Crippen LogP contribution in [0.5, 0.6) is 0 Å². The predicted octanol–water partition coefficient (Wildman–Crippen LogP) is 28.2. The number of carbonyl (C=O) groups excluding carboxylic acids is 6. The van der Waals surface area contributed by atoms with E-state index >= 15 is 0 Å². The summed E-state index contributed by atoms with van der Waals surface area (Å²) in [5, 5.41) is 0. The summed E-state index contributed by atoms with van der Waals surface area (Å²) >= 11 is 7.55. The zero-order valence-corrected chi connectivity index (χ0v) is 89.6. The molecule has 145 heavy (non-hydrogen) atoms. The van der Waals surface area contributed by atoms with E-state index < -0.39 is 0 Å². The second-order valence-electron chi connectivity index (χ2n) is 38.7. The van der Waals surface area contributed by atoms with Gasteiger partial charge in [0.25, 0.3) is 0 Å². The number of allylic oxidation sites excluding steroid dienone is 1. The molecule has 0 N–H and O–H groups in total. The third kappa shape index (κ3) is 17.3. The van der Waals surface area contributed by atoms with Crippen molar-refractivity contribution in [3.05, 3.63) is 420 Å². The maximum absolute atomic E-state index is 13.0. The fraction of sp³-hybridized carbons (Fsp3) is 0.133. The zero-order chi connectivity index (χ0) is 100. The van der Waals surface area contributed by atoms with Crippen LogP contribution >= 0.6 is 49.9 Å². The topological polar surface area (TPSA) is 208 Å². The molecule has 0 unspecified atom stereocenters. The van der Waals surface area contributed by atoms with Gasteiger partial charge in [-0.15, -0.1) is 0 Å². The summed E-state index contributed by atoms with van der Waals surface area (Å²) in [5.41, 5.74) is 33.7. The van der Waals surface area contributed by atoms with Gasteiger partial charge in [-0.25, -0.2) is 0 Å². The second-order valence-corrected chi connectivity index (χ2v) is 46.3. The summed E-state index contributed by atoms with van der Waals surface area (Å²) in [5.74, 6) is -0.525. The molecule has 0 atom stereocenters. The summed E-state index contributed by atoms with van der Waals surface area (Å²) in [4.78, 5) is 82.6. The number of ketones is 4. The van der Waals surface area contributed by atoms with E-state index in [1.807, 2.05) is 48.5 Å². The van der Waals surface area contributed by atoms with Crippen LogP contribution in [0.3, 0.4) is 0 Å². The molecule has 1 saturated heterocycles.